The molecule has 1 nitrogen and oxygen atoms in total. The van der Waals surface area contributed by atoms with E-state index in [4.69, 9.17) is 17.3 Å². The SMILES string of the molecule is Cl.N[C@H](CCC(F)(F)F)c1ccc(Cl)cc1C(F)(F)F. The molecule has 0 fully saturated rings. The van der Waals surface area contributed by atoms with Gasteiger partial charge in [-0.05, 0) is 24.1 Å². The Morgan fingerprint density at radius 1 is 1.10 bits per heavy atom. The van der Waals surface area contributed by atoms with Gasteiger partial charge in [0.05, 0.1) is 5.56 Å². The highest BCUT2D eigenvalue weighted by Crippen LogP contribution is 2.37. The fourth-order valence-electron chi connectivity index (χ4n) is 1.57. The second-order valence-corrected chi connectivity index (χ2v) is 4.43. The van der Waals surface area contributed by atoms with E-state index in [9.17, 15) is 26.3 Å². The number of nitrogens with two attached hydrogens (primary N) is 1. The van der Waals surface area contributed by atoms with Crippen LogP contribution in [0.3, 0.4) is 0 Å². The summed E-state index contributed by atoms with van der Waals surface area (Å²) in [5.41, 5.74) is 3.92. The summed E-state index contributed by atoms with van der Waals surface area (Å²) in [6, 6.07) is 1.48. The highest BCUT2D eigenvalue weighted by molar-refractivity contribution is 6.30. The molecule has 0 radical (unpaired) electrons. The van der Waals surface area contributed by atoms with Crippen molar-refractivity contribution in [1.82, 2.24) is 0 Å². The van der Waals surface area contributed by atoms with Crippen LogP contribution < -0.4 is 5.73 Å². The molecule has 116 valence electrons. The average molecular weight is 342 g/mol. The monoisotopic (exact) mass is 341 g/mol. The van der Waals surface area contributed by atoms with Gasteiger partial charge in [0, 0.05) is 17.5 Å². The van der Waals surface area contributed by atoms with E-state index >= 15 is 0 Å². The van der Waals surface area contributed by atoms with Gasteiger partial charge in [0.2, 0.25) is 0 Å². The molecule has 0 aliphatic heterocycles. The fraction of sp³-hybridized carbons (Fsp3) is 0.455. The molecule has 0 aliphatic carbocycles. The predicted molar refractivity (Wildman–Crippen MR) is 65.9 cm³/mol. The van der Waals surface area contributed by atoms with Crippen molar-refractivity contribution in [3.8, 4) is 0 Å². The second kappa shape index (κ2) is 6.87. The summed E-state index contributed by atoms with van der Waals surface area (Å²) >= 11 is 5.46. The zero-order valence-electron chi connectivity index (χ0n) is 9.85. The molecule has 1 atom stereocenters. The minimum atomic E-state index is -4.71. The Morgan fingerprint density at radius 3 is 2.10 bits per heavy atom. The lowest BCUT2D eigenvalue weighted by atomic mass is 9.97. The van der Waals surface area contributed by atoms with Crippen molar-refractivity contribution in [2.45, 2.75) is 31.2 Å². The van der Waals surface area contributed by atoms with Gasteiger partial charge in [-0.25, -0.2) is 0 Å². The summed E-state index contributed by atoms with van der Waals surface area (Å²) in [5, 5.41) is -0.154. The van der Waals surface area contributed by atoms with Crippen molar-refractivity contribution in [1.29, 1.82) is 0 Å². The molecule has 0 aromatic heterocycles. The first kappa shape index (κ1) is 19.3. The Hall–Kier alpha value is -0.660. The van der Waals surface area contributed by atoms with Gasteiger partial charge in [0.25, 0.3) is 0 Å². The van der Waals surface area contributed by atoms with Crippen LogP contribution in [0, 0.1) is 0 Å². The van der Waals surface area contributed by atoms with Crippen molar-refractivity contribution in [2.75, 3.05) is 0 Å². The Kier molecular flexibility index (Phi) is 6.64. The van der Waals surface area contributed by atoms with Gasteiger partial charge in [-0.15, -0.1) is 12.4 Å². The lowest BCUT2D eigenvalue weighted by Gasteiger charge is -2.19. The molecule has 1 rings (SSSR count). The Balaban J connectivity index is 0.00000361. The first-order valence-corrected chi connectivity index (χ1v) is 5.57. The Labute approximate surface area is 122 Å². The molecule has 0 unspecified atom stereocenters. The van der Waals surface area contributed by atoms with Crippen molar-refractivity contribution in [3.63, 3.8) is 0 Å². The second-order valence-electron chi connectivity index (χ2n) is 3.99. The number of halogens is 8. The third kappa shape index (κ3) is 5.76. The van der Waals surface area contributed by atoms with Crippen LogP contribution in [0.1, 0.15) is 30.0 Å². The van der Waals surface area contributed by atoms with Gasteiger partial charge < -0.3 is 5.73 Å². The molecule has 0 aliphatic rings. The zero-order chi connectivity index (χ0) is 14.8. The van der Waals surface area contributed by atoms with Gasteiger partial charge >= 0.3 is 12.4 Å². The van der Waals surface area contributed by atoms with Crippen molar-refractivity contribution >= 4 is 24.0 Å². The Bertz CT molecular complexity index is 444. The minimum absolute atomic E-state index is 0. The van der Waals surface area contributed by atoms with Crippen LogP contribution in [0.25, 0.3) is 0 Å². The van der Waals surface area contributed by atoms with Crippen LogP contribution in [-0.4, -0.2) is 6.18 Å². The van der Waals surface area contributed by atoms with Crippen LogP contribution in [0.5, 0.6) is 0 Å². The molecule has 0 heterocycles. The van der Waals surface area contributed by atoms with Crippen LogP contribution >= 0.6 is 24.0 Å². The first-order chi connectivity index (χ1) is 8.50. The maximum Gasteiger partial charge on any atom is 0.416 e. The number of hydrogen-bond acceptors (Lipinski definition) is 1. The van der Waals surface area contributed by atoms with Crippen LogP contribution in [0.15, 0.2) is 18.2 Å². The first-order valence-electron chi connectivity index (χ1n) is 5.19. The summed E-state index contributed by atoms with van der Waals surface area (Å²) in [6.07, 6.45) is -11.0. The topological polar surface area (TPSA) is 26.0 Å². The molecule has 2 N–H and O–H groups in total. The summed E-state index contributed by atoms with van der Waals surface area (Å²) in [5.74, 6) is 0. The highest BCUT2D eigenvalue weighted by atomic mass is 35.5. The number of alkyl halides is 6. The molecule has 0 bridgehead atoms. The lowest BCUT2D eigenvalue weighted by molar-refractivity contribution is -0.139. The molecule has 0 amide bonds. The van der Waals surface area contributed by atoms with E-state index in [-0.39, 0.29) is 23.0 Å². The molecule has 9 heteroatoms. The molecular formula is C11H11Cl2F6N. The fourth-order valence-corrected chi connectivity index (χ4v) is 1.74. The molecular weight excluding hydrogens is 331 g/mol. The van der Waals surface area contributed by atoms with E-state index in [1.165, 1.54) is 6.07 Å². The normalized spacial score (nSPS) is 13.8. The lowest BCUT2D eigenvalue weighted by Crippen LogP contribution is -2.20. The van der Waals surface area contributed by atoms with Gasteiger partial charge in [0.15, 0.2) is 0 Å². The minimum Gasteiger partial charge on any atom is -0.324 e. The van der Waals surface area contributed by atoms with Gasteiger partial charge in [-0.2, -0.15) is 26.3 Å². The van der Waals surface area contributed by atoms with Gasteiger partial charge in [0.1, 0.15) is 0 Å². The smallest absolute Gasteiger partial charge is 0.324 e. The molecule has 0 saturated carbocycles. The predicted octanol–water partition coefficient (Wildman–Crippen LogP) is 5.12. The van der Waals surface area contributed by atoms with Gasteiger partial charge in [-0.1, -0.05) is 17.7 Å². The van der Waals surface area contributed by atoms with Crippen LogP contribution in [0.2, 0.25) is 5.02 Å². The van der Waals surface area contributed by atoms with Crippen molar-refractivity contribution in [3.05, 3.63) is 34.3 Å². The number of benzene rings is 1. The van der Waals surface area contributed by atoms with E-state index in [1.807, 2.05) is 0 Å². The number of rotatable bonds is 3. The van der Waals surface area contributed by atoms with Crippen LogP contribution in [-0.2, 0) is 6.18 Å². The van der Waals surface area contributed by atoms with E-state index in [1.54, 1.807) is 0 Å². The van der Waals surface area contributed by atoms with E-state index in [0.717, 1.165) is 6.07 Å². The molecule has 1 aromatic rings. The molecule has 1 aromatic carbocycles. The van der Waals surface area contributed by atoms with E-state index in [2.05, 4.69) is 0 Å². The maximum absolute atomic E-state index is 12.7. The molecule has 20 heavy (non-hydrogen) atoms. The van der Waals surface area contributed by atoms with Crippen molar-refractivity contribution < 1.29 is 26.3 Å². The van der Waals surface area contributed by atoms with E-state index < -0.39 is 36.8 Å². The molecule has 0 spiro atoms. The molecule has 0 saturated heterocycles. The third-order valence-electron chi connectivity index (χ3n) is 2.46. The summed E-state index contributed by atoms with van der Waals surface area (Å²) in [4.78, 5) is 0. The van der Waals surface area contributed by atoms with Crippen LogP contribution in [0.4, 0.5) is 26.3 Å². The number of hydrogen-bond donors (Lipinski definition) is 1. The zero-order valence-corrected chi connectivity index (χ0v) is 11.4. The summed E-state index contributed by atoms with van der Waals surface area (Å²) in [7, 11) is 0. The summed E-state index contributed by atoms with van der Waals surface area (Å²) in [6.45, 7) is 0. The summed E-state index contributed by atoms with van der Waals surface area (Å²) < 4.78 is 74.3. The largest absolute Gasteiger partial charge is 0.416 e. The average Bonchev–Trinajstić information content (AvgIpc) is 2.23. The maximum atomic E-state index is 12.7. The van der Waals surface area contributed by atoms with Gasteiger partial charge in [-0.3, -0.25) is 0 Å². The quantitative estimate of drug-likeness (QED) is 0.758. The Morgan fingerprint density at radius 2 is 1.65 bits per heavy atom. The standard InChI is InChI=1S/C11H10ClF6N.ClH/c12-6-1-2-7(8(5-6)11(16,17)18)9(19)3-4-10(13,14)15;/h1-2,5,9H,3-4,19H2;1H/t9-;/m1./s1. The van der Waals surface area contributed by atoms with Crippen molar-refractivity contribution in [2.24, 2.45) is 5.73 Å². The van der Waals surface area contributed by atoms with E-state index in [0.29, 0.717) is 6.07 Å². The highest BCUT2D eigenvalue weighted by Gasteiger charge is 2.36. The third-order valence-corrected chi connectivity index (χ3v) is 2.69.